The Morgan fingerprint density at radius 1 is 1.60 bits per heavy atom. The van der Waals surface area contributed by atoms with Crippen molar-refractivity contribution in [3.05, 3.63) is 0 Å². The lowest BCUT2D eigenvalue weighted by atomic mass is 9.87. The summed E-state index contributed by atoms with van der Waals surface area (Å²) in [6, 6.07) is 0.374. The van der Waals surface area contributed by atoms with E-state index in [9.17, 15) is 5.11 Å². The third-order valence-corrected chi connectivity index (χ3v) is 3.27. The first kappa shape index (κ1) is 12.9. The molecular formula is C11H23NO3. The molecule has 0 amide bonds. The van der Waals surface area contributed by atoms with Crippen LogP contribution < -0.4 is 0 Å². The molecule has 0 aromatic heterocycles. The van der Waals surface area contributed by atoms with Crippen LogP contribution in [0.5, 0.6) is 0 Å². The van der Waals surface area contributed by atoms with Crippen LogP contribution in [0.2, 0.25) is 0 Å². The van der Waals surface area contributed by atoms with Crippen LogP contribution in [-0.4, -0.2) is 63.2 Å². The van der Waals surface area contributed by atoms with Crippen LogP contribution in [0.1, 0.15) is 13.3 Å². The van der Waals surface area contributed by atoms with Crippen LogP contribution in [0.25, 0.3) is 0 Å². The van der Waals surface area contributed by atoms with E-state index in [4.69, 9.17) is 9.47 Å². The number of hydrogen-bond donors (Lipinski definition) is 1. The summed E-state index contributed by atoms with van der Waals surface area (Å²) in [4.78, 5) is 2.23. The summed E-state index contributed by atoms with van der Waals surface area (Å²) < 4.78 is 10.5. The average Bonchev–Trinajstić information content (AvgIpc) is 2.67. The van der Waals surface area contributed by atoms with Crippen molar-refractivity contribution in [3.8, 4) is 0 Å². The normalized spacial score (nSPS) is 28.6. The third-order valence-electron chi connectivity index (χ3n) is 3.27. The number of aliphatic hydroxyl groups is 1. The van der Waals surface area contributed by atoms with Crippen molar-refractivity contribution >= 4 is 0 Å². The molecule has 1 rings (SSSR count). The van der Waals surface area contributed by atoms with Crippen LogP contribution in [0.15, 0.2) is 0 Å². The second kappa shape index (κ2) is 5.80. The predicted octanol–water partition coefficient (Wildman–Crippen LogP) is 0.352. The summed E-state index contributed by atoms with van der Waals surface area (Å²) in [5.41, 5.74) is -0.0588. The maximum absolute atomic E-state index is 9.44. The highest BCUT2D eigenvalue weighted by atomic mass is 16.5. The molecule has 0 aromatic carbocycles. The molecule has 90 valence electrons. The highest BCUT2D eigenvalue weighted by Crippen LogP contribution is 2.29. The van der Waals surface area contributed by atoms with Crippen LogP contribution in [0.3, 0.4) is 0 Å². The maximum atomic E-state index is 9.44. The zero-order valence-electron chi connectivity index (χ0n) is 10.0. The van der Waals surface area contributed by atoms with E-state index >= 15 is 0 Å². The van der Waals surface area contributed by atoms with E-state index in [1.807, 2.05) is 0 Å². The Hall–Kier alpha value is -0.160. The number of likely N-dealkylation sites (N-methyl/N-ethyl adjacent to an activating group) is 1. The Kier molecular flexibility index (Phi) is 4.99. The summed E-state index contributed by atoms with van der Waals surface area (Å²) in [6.07, 6.45) is 0.952. The van der Waals surface area contributed by atoms with E-state index in [1.54, 1.807) is 7.11 Å². The highest BCUT2D eigenvalue weighted by molar-refractivity contribution is 4.86. The first-order valence-corrected chi connectivity index (χ1v) is 5.51. The minimum absolute atomic E-state index is 0.0588. The van der Waals surface area contributed by atoms with E-state index < -0.39 is 0 Å². The fourth-order valence-corrected chi connectivity index (χ4v) is 2.00. The molecule has 0 aromatic rings. The fourth-order valence-electron chi connectivity index (χ4n) is 2.00. The van der Waals surface area contributed by atoms with Gasteiger partial charge in [0.05, 0.1) is 19.8 Å². The largest absolute Gasteiger partial charge is 0.396 e. The fraction of sp³-hybridized carbons (Fsp3) is 1.00. The van der Waals surface area contributed by atoms with Gasteiger partial charge < -0.3 is 19.5 Å². The summed E-state index contributed by atoms with van der Waals surface area (Å²) in [5.74, 6) is 0. The molecule has 0 bridgehead atoms. The van der Waals surface area contributed by atoms with Crippen LogP contribution >= 0.6 is 0 Å². The zero-order chi connectivity index (χ0) is 11.3. The molecule has 1 fully saturated rings. The van der Waals surface area contributed by atoms with Crippen LogP contribution in [-0.2, 0) is 9.47 Å². The van der Waals surface area contributed by atoms with Gasteiger partial charge in [-0.05, 0) is 20.4 Å². The van der Waals surface area contributed by atoms with Gasteiger partial charge in [-0.25, -0.2) is 0 Å². The standard InChI is InChI=1S/C11H23NO3/c1-10(6-14-3)12(2)7-11(8-13)4-5-15-9-11/h10,13H,4-9H2,1-3H3. The average molecular weight is 217 g/mol. The van der Waals surface area contributed by atoms with Gasteiger partial charge in [0, 0.05) is 31.7 Å². The Bertz CT molecular complexity index is 181. The molecule has 0 spiro atoms. The van der Waals surface area contributed by atoms with Crippen molar-refractivity contribution in [2.24, 2.45) is 5.41 Å². The van der Waals surface area contributed by atoms with Crippen molar-refractivity contribution in [2.45, 2.75) is 19.4 Å². The Labute approximate surface area is 92.2 Å². The van der Waals surface area contributed by atoms with E-state index in [-0.39, 0.29) is 12.0 Å². The van der Waals surface area contributed by atoms with Gasteiger partial charge in [0.25, 0.3) is 0 Å². The molecule has 4 nitrogen and oxygen atoms in total. The Morgan fingerprint density at radius 2 is 2.33 bits per heavy atom. The lowest BCUT2D eigenvalue weighted by Gasteiger charge is -2.33. The van der Waals surface area contributed by atoms with E-state index in [0.29, 0.717) is 12.6 Å². The van der Waals surface area contributed by atoms with Crippen molar-refractivity contribution in [1.82, 2.24) is 4.90 Å². The first-order chi connectivity index (χ1) is 7.13. The molecule has 2 atom stereocenters. The number of methoxy groups -OCH3 is 1. The van der Waals surface area contributed by atoms with Crippen molar-refractivity contribution in [1.29, 1.82) is 0 Å². The second-order valence-corrected chi connectivity index (χ2v) is 4.68. The molecule has 4 heteroatoms. The van der Waals surface area contributed by atoms with Gasteiger partial charge in [0.2, 0.25) is 0 Å². The van der Waals surface area contributed by atoms with Gasteiger partial charge in [-0.3, -0.25) is 0 Å². The number of nitrogens with zero attached hydrogens (tertiary/aromatic N) is 1. The van der Waals surface area contributed by atoms with Crippen molar-refractivity contribution < 1.29 is 14.6 Å². The lowest BCUT2D eigenvalue weighted by molar-refractivity contribution is 0.0372. The molecule has 1 aliphatic heterocycles. The van der Waals surface area contributed by atoms with Gasteiger partial charge >= 0.3 is 0 Å². The van der Waals surface area contributed by atoms with E-state index in [1.165, 1.54) is 0 Å². The SMILES string of the molecule is COCC(C)N(C)CC1(CO)CCOC1. The number of rotatable bonds is 6. The Morgan fingerprint density at radius 3 is 2.80 bits per heavy atom. The highest BCUT2D eigenvalue weighted by Gasteiger charge is 2.36. The van der Waals surface area contributed by atoms with Crippen LogP contribution in [0, 0.1) is 5.41 Å². The molecule has 0 radical (unpaired) electrons. The summed E-state index contributed by atoms with van der Waals surface area (Å²) in [6.45, 7) is 5.37. The molecule has 1 aliphatic rings. The summed E-state index contributed by atoms with van der Waals surface area (Å²) in [7, 11) is 3.78. The predicted molar refractivity (Wildman–Crippen MR) is 58.9 cm³/mol. The van der Waals surface area contributed by atoms with Gasteiger partial charge in [-0.1, -0.05) is 0 Å². The molecule has 15 heavy (non-hydrogen) atoms. The maximum Gasteiger partial charge on any atom is 0.0615 e. The second-order valence-electron chi connectivity index (χ2n) is 4.68. The third kappa shape index (κ3) is 3.41. The minimum Gasteiger partial charge on any atom is -0.396 e. The molecular weight excluding hydrogens is 194 g/mol. The van der Waals surface area contributed by atoms with E-state index in [0.717, 1.165) is 26.2 Å². The summed E-state index contributed by atoms with van der Waals surface area (Å²) >= 11 is 0. The quantitative estimate of drug-likeness (QED) is 0.697. The number of aliphatic hydroxyl groups excluding tert-OH is 1. The molecule has 2 unspecified atom stereocenters. The van der Waals surface area contributed by atoms with Crippen LogP contribution in [0.4, 0.5) is 0 Å². The minimum atomic E-state index is -0.0588. The van der Waals surface area contributed by atoms with Gasteiger partial charge in [0.15, 0.2) is 0 Å². The van der Waals surface area contributed by atoms with Gasteiger partial charge in [-0.2, -0.15) is 0 Å². The molecule has 1 heterocycles. The Balaban J connectivity index is 2.43. The molecule has 1 saturated heterocycles. The topological polar surface area (TPSA) is 41.9 Å². The molecule has 1 N–H and O–H groups in total. The van der Waals surface area contributed by atoms with Gasteiger partial charge in [0.1, 0.15) is 0 Å². The smallest absolute Gasteiger partial charge is 0.0615 e. The number of ether oxygens (including phenoxy) is 2. The van der Waals surface area contributed by atoms with Gasteiger partial charge in [-0.15, -0.1) is 0 Å². The molecule has 0 aliphatic carbocycles. The van der Waals surface area contributed by atoms with Crippen molar-refractivity contribution in [2.75, 3.05) is 47.1 Å². The monoisotopic (exact) mass is 217 g/mol. The zero-order valence-corrected chi connectivity index (χ0v) is 10.0. The van der Waals surface area contributed by atoms with Crippen molar-refractivity contribution in [3.63, 3.8) is 0 Å². The summed E-state index contributed by atoms with van der Waals surface area (Å²) in [5, 5.41) is 9.44. The lowest BCUT2D eigenvalue weighted by Crippen LogP contribution is -2.44. The first-order valence-electron chi connectivity index (χ1n) is 5.51. The number of hydrogen-bond acceptors (Lipinski definition) is 4. The molecule has 0 saturated carbocycles. The van der Waals surface area contributed by atoms with E-state index in [2.05, 4.69) is 18.9 Å².